The highest BCUT2D eigenvalue weighted by molar-refractivity contribution is 5.74. The molecule has 82 valence electrons. The van der Waals surface area contributed by atoms with E-state index in [2.05, 4.69) is 0 Å². The van der Waals surface area contributed by atoms with Gasteiger partial charge in [0, 0.05) is 0 Å². The Bertz CT molecular complexity index is 361. The molecule has 0 aliphatic heterocycles. The molecule has 1 aromatic carbocycles. The number of aliphatic hydroxyl groups is 1. The molecule has 0 amide bonds. The van der Waals surface area contributed by atoms with E-state index in [1.807, 2.05) is 0 Å². The van der Waals surface area contributed by atoms with Gasteiger partial charge >= 0.3 is 5.97 Å². The number of carbonyl (C=O) groups is 1. The summed E-state index contributed by atoms with van der Waals surface area (Å²) < 4.78 is 9.96. The summed E-state index contributed by atoms with van der Waals surface area (Å²) in [6.07, 6.45) is -1.55. The second-order valence-corrected chi connectivity index (χ2v) is 2.86. The van der Waals surface area contributed by atoms with Crippen molar-refractivity contribution in [3.63, 3.8) is 0 Å². The van der Waals surface area contributed by atoms with Crippen molar-refractivity contribution in [1.29, 1.82) is 0 Å². The first kappa shape index (κ1) is 11.3. The zero-order valence-corrected chi connectivity index (χ0v) is 8.43. The van der Waals surface area contributed by atoms with E-state index in [0.29, 0.717) is 11.5 Å². The molecule has 0 aliphatic carbocycles. The van der Waals surface area contributed by atoms with Crippen LogP contribution in [0.15, 0.2) is 18.2 Å². The molecule has 0 saturated heterocycles. The molecule has 0 spiro atoms. The Morgan fingerprint density at radius 3 is 2.33 bits per heavy atom. The van der Waals surface area contributed by atoms with Crippen molar-refractivity contribution in [2.45, 2.75) is 6.10 Å². The molecule has 0 radical (unpaired) electrons. The van der Waals surface area contributed by atoms with Crippen LogP contribution < -0.4 is 9.47 Å². The molecule has 0 saturated carbocycles. The predicted octanol–water partition coefficient (Wildman–Crippen LogP) is 0.822. The number of methoxy groups -OCH3 is 2. The molecule has 1 rings (SSSR count). The van der Waals surface area contributed by atoms with Crippen molar-refractivity contribution in [3.8, 4) is 11.5 Å². The van der Waals surface area contributed by atoms with E-state index >= 15 is 0 Å². The standard InChI is InChI=1S/C10H12O5/c1-14-7-4-3-6(5-8(7)15-2)9(11)10(12)13/h3-5,9,11H,1-2H3,(H,12,13)/t9-/m0/s1. The molecule has 1 aromatic rings. The van der Waals surface area contributed by atoms with Gasteiger partial charge in [-0.15, -0.1) is 0 Å². The van der Waals surface area contributed by atoms with Crippen molar-refractivity contribution >= 4 is 5.97 Å². The third kappa shape index (κ3) is 2.38. The summed E-state index contributed by atoms with van der Waals surface area (Å²) in [7, 11) is 2.92. The number of benzene rings is 1. The Morgan fingerprint density at radius 1 is 1.27 bits per heavy atom. The SMILES string of the molecule is COc1ccc([C@H](O)C(=O)O)cc1OC. The van der Waals surface area contributed by atoms with Gasteiger partial charge in [-0.25, -0.2) is 4.79 Å². The van der Waals surface area contributed by atoms with Crippen LogP contribution in [0.3, 0.4) is 0 Å². The van der Waals surface area contributed by atoms with Crippen molar-refractivity contribution in [3.05, 3.63) is 23.8 Å². The fraction of sp³-hybridized carbons (Fsp3) is 0.300. The van der Waals surface area contributed by atoms with E-state index < -0.39 is 12.1 Å². The van der Waals surface area contributed by atoms with Crippen molar-refractivity contribution < 1.29 is 24.5 Å². The van der Waals surface area contributed by atoms with Gasteiger partial charge in [0.15, 0.2) is 17.6 Å². The van der Waals surface area contributed by atoms with Crippen molar-refractivity contribution in [1.82, 2.24) is 0 Å². The molecular formula is C10H12O5. The predicted molar refractivity (Wildman–Crippen MR) is 52.1 cm³/mol. The molecule has 2 N–H and O–H groups in total. The smallest absolute Gasteiger partial charge is 0.337 e. The summed E-state index contributed by atoms with van der Waals surface area (Å²) >= 11 is 0. The number of ether oxygens (including phenoxy) is 2. The minimum Gasteiger partial charge on any atom is -0.493 e. The molecular weight excluding hydrogens is 200 g/mol. The Labute approximate surface area is 86.9 Å². The quantitative estimate of drug-likeness (QED) is 0.772. The van der Waals surface area contributed by atoms with E-state index in [1.54, 1.807) is 6.07 Å². The Morgan fingerprint density at radius 2 is 1.87 bits per heavy atom. The van der Waals surface area contributed by atoms with Gasteiger partial charge < -0.3 is 19.7 Å². The number of carboxylic acids is 1. The summed E-state index contributed by atoms with van der Waals surface area (Å²) in [5.41, 5.74) is 0.250. The van der Waals surface area contributed by atoms with Crippen LogP contribution in [-0.4, -0.2) is 30.4 Å². The highest BCUT2D eigenvalue weighted by Gasteiger charge is 2.17. The third-order valence-electron chi connectivity index (χ3n) is 1.96. The number of aliphatic carboxylic acids is 1. The van der Waals surface area contributed by atoms with Crippen LogP contribution in [0, 0.1) is 0 Å². The Hall–Kier alpha value is -1.75. The Balaban J connectivity index is 3.07. The van der Waals surface area contributed by atoms with E-state index in [9.17, 15) is 9.90 Å². The van der Waals surface area contributed by atoms with E-state index in [4.69, 9.17) is 14.6 Å². The van der Waals surface area contributed by atoms with Crippen LogP contribution in [0.4, 0.5) is 0 Å². The lowest BCUT2D eigenvalue weighted by molar-refractivity contribution is -0.146. The second-order valence-electron chi connectivity index (χ2n) is 2.86. The number of aliphatic hydroxyl groups excluding tert-OH is 1. The van der Waals surface area contributed by atoms with Crippen molar-refractivity contribution in [2.75, 3.05) is 14.2 Å². The van der Waals surface area contributed by atoms with E-state index in [-0.39, 0.29) is 5.56 Å². The fourth-order valence-corrected chi connectivity index (χ4v) is 1.17. The van der Waals surface area contributed by atoms with E-state index in [1.165, 1.54) is 26.4 Å². The van der Waals surface area contributed by atoms with Crippen LogP contribution in [0.2, 0.25) is 0 Å². The fourth-order valence-electron chi connectivity index (χ4n) is 1.17. The van der Waals surface area contributed by atoms with Crippen LogP contribution >= 0.6 is 0 Å². The first-order valence-corrected chi connectivity index (χ1v) is 4.23. The zero-order valence-electron chi connectivity index (χ0n) is 8.43. The molecule has 0 unspecified atom stereocenters. The molecule has 0 heterocycles. The van der Waals surface area contributed by atoms with Gasteiger partial charge in [0.2, 0.25) is 0 Å². The van der Waals surface area contributed by atoms with Crippen LogP contribution in [0.5, 0.6) is 11.5 Å². The van der Waals surface area contributed by atoms with Gasteiger partial charge in [-0.2, -0.15) is 0 Å². The first-order valence-electron chi connectivity index (χ1n) is 4.23. The Kier molecular flexibility index (Phi) is 3.51. The van der Waals surface area contributed by atoms with Crippen LogP contribution in [0.25, 0.3) is 0 Å². The molecule has 0 aliphatic rings. The summed E-state index contributed by atoms with van der Waals surface area (Å²) in [5, 5.41) is 17.9. The lowest BCUT2D eigenvalue weighted by Crippen LogP contribution is -2.10. The molecule has 15 heavy (non-hydrogen) atoms. The molecule has 0 aromatic heterocycles. The third-order valence-corrected chi connectivity index (χ3v) is 1.96. The monoisotopic (exact) mass is 212 g/mol. The summed E-state index contributed by atoms with van der Waals surface area (Å²) in [5.74, 6) is -0.434. The topological polar surface area (TPSA) is 76.0 Å². The molecule has 1 atom stereocenters. The first-order chi connectivity index (χ1) is 7.10. The average Bonchev–Trinajstić information content (AvgIpc) is 2.26. The maximum absolute atomic E-state index is 10.5. The summed E-state index contributed by atoms with van der Waals surface area (Å²) in [6.45, 7) is 0. The number of hydrogen-bond donors (Lipinski definition) is 2. The van der Waals surface area contributed by atoms with Gasteiger partial charge in [-0.05, 0) is 17.7 Å². The van der Waals surface area contributed by atoms with Gasteiger partial charge in [-0.3, -0.25) is 0 Å². The minimum atomic E-state index is -1.55. The molecule has 5 heteroatoms. The zero-order chi connectivity index (χ0) is 11.4. The molecule has 0 bridgehead atoms. The highest BCUT2D eigenvalue weighted by Crippen LogP contribution is 2.29. The maximum Gasteiger partial charge on any atom is 0.337 e. The second kappa shape index (κ2) is 4.65. The number of rotatable bonds is 4. The largest absolute Gasteiger partial charge is 0.493 e. The highest BCUT2D eigenvalue weighted by atomic mass is 16.5. The van der Waals surface area contributed by atoms with Crippen LogP contribution in [0.1, 0.15) is 11.7 Å². The van der Waals surface area contributed by atoms with Gasteiger partial charge in [0.1, 0.15) is 0 Å². The van der Waals surface area contributed by atoms with Gasteiger partial charge in [0.25, 0.3) is 0 Å². The molecule has 0 fully saturated rings. The van der Waals surface area contributed by atoms with Crippen LogP contribution in [-0.2, 0) is 4.79 Å². The summed E-state index contributed by atoms with van der Waals surface area (Å²) in [6, 6.07) is 4.44. The van der Waals surface area contributed by atoms with Gasteiger partial charge in [0.05, 0.1) is 14.2 Å². The average molecular weight is 212 g/mol. The molecule has 5 nitrogen and oxygen atoms in total. The minimum absolute atomic E-state index is 0.250. The van der Waals surface area contributed by atoms with Crippen molar-refractivity contribution in [2.24, 2.45) is 0 Å². The number of carboxylic acid groups (broad SMARTS) is 1. The maximum atomic E-state index is 10.5. The normalized spacial score (nSPS) is 11.9. The number of hydrogen-bond acceptors (Lipinski definition) is 4. The summed E-state index contributed by atoms with van der Waals surface area (Å²) in [4.78, 5) is 10.5. The lowest BCUT2D eigenvalue weighted by Gasteiger charge is -2.11. The van der Waals surface area contributed by atoms with Gasteiger partial charge in [-0.1, -0.05) is 6.07 Å². The van der Waals surface area contributed by atoms with E-state index in [0.717, 1.165) is 0 Å². The lowest BCUT2D eigenvalue weighted by atomic mass is 10.1.